The van der Waals surface area contributed by atoms with Crippen LogP contribution in [0.25, 0.3) is 45.2 Å². The van der Waals surface area contributed by atoms with Crippen molar-refractivity contribution in [1.29, 1.82) is 0 Å². The zero-order valence-corrected chi connectivity index (χ0v) is 38.2. The summed E-state index contributed by atoms with van der Waals surface area (Å²) in [5, 5.41) is 6.25. The molecule has 1 aliphatic heterocycles. The summed E-state index contributed by atoms with van der Waals surface area (Å²) in [6, 6.07) is 73.7. The van der Waals surface area contributed by atoms with Crippen molar-refractivity contribution < 1.29 is 0 Å². The number of anilines is 5. The lowest BCUT2D eigenvalue weighted by atomic mass is 9.72. The first-order chi connectivity index (χ1) is 31.5. The lowest BCUT2D eigenvalue weighted by Crippen LogP contribution is -2.31. The number of nitrogens with zero attached hydrogens (tertiary/aromatic N) is 1. The zero-order chi connectivity index (χ0) is 44.5. The van der Waals surface area contributed by atoms with Gasteiger partial charge in [0.2, 0.25) is 0 Å². The Hall–Kier alpha value is -7.42. The summed E-state index contributed by atoms with van der Waals surface area (Å²) in [4.78, 5) is 2.47. The van der Waals surface area contributed by atoms with E-state index in [1.54, 1.807) is 0 Å². The van der Waals surface area contributed by atoms with Gasteiger partial charge < -0.3 is 10.2 Å². The molecule has 2 nitrogen and oxygen atoms in total. The molecule has 1 aliphatic carbocycles. The molecule has 0 amide bonds. The Morgan fingerprint density at radius 2 is 1.08 bits per heavy atom. The molecular formula is C63H54N2. The van der Waals surface area contributed by atoms with E-state index in [4.69, 9.17) is 0 Å². The molecule has 65 heavy (non-hydrogen) atoms. The van der Waals surface area contributed by atoms with Crippen LogP contribution in [0.2, 0.25) is 0 Å². The number of fused-ring (bicyclic) bond motifs is 6. The topological polar surface area (TPSA) is 15.3 Å². The van der Waals surface area contributed by atoms with E-state index in [0.717, 1.165) is 11.4 Å². The van der Waals surface area contributed by atoms with E-state index in [2.05, 4.69) is 264 Å². The number of benzene rings is 9. The maximum atomic E-state index is 3.79. The second kappa shape index (κ2) is 15.4. The SMILES string of the molecule is CC(C)(c1ccccc1)c1cc(/C=C/c2ccc(-c3ccc4c(c3)C(C)(C)c3cc5c(cc3-4)C(C)(C)c3ccccc3N5c3ccccc3)cc2)ccc1Nc1ccc2ccccc2c1. The molecule has 0 bridgehead atoms. The molecule has 0 radical (unpaired) electrons. The molecule has 2 heteroatoms. The van der Waals surface area contributed by atoms with Gasteiger partial charge in [-0.2, -0.15) is 0 Å². The summed E-state index contributed by atoms with van der Waals surface area (Å²) in [7, 11) is 0. The predicted octanol–water partition coefficient (Wildman–Crippen LogP) is 17.2. The molecule has 0 spiro atoms. The summed E-state index contributed by atoms with van der Waals surface area (Å²) in [5.41, 5.74) is 20.8. The van der Waals surface area contributed by atoms with E-state index >= 15 is 0 Å². The Morgan fingerprint density at radius 1 is 0.446 bits per heavy atom. The zero-order valence-electron chi connectivity index (χ0n) is 38.2. The smallest absolute Gasteiger partial charge is 0.0506 e. The van der Waals surface area contributed by atoms with Crippen molar-refractivity contribution >= 4 is 51.4 Å². The molecule has 2 aliphatic rings. The van der Waals surface area contributed by atoms with Crippen molar-refractivity contribution in [1.82, 2.24) is 0 Å². The van der Waals surface area contributed by atoms with Crippen molar-refractivity contribution in [3.63, 3.8) is 0 Å². The summed E-state index contributed by atoms with van der Waals surface area (Å²) in [6.07, 6.45) is 4.48. The molecule has 11 rings (SSSR count). The van der Waals surface area contributed by atoms with Crippen LogP contribution in [0.5, 0.6) is 0 Å². The maximum Gasteiger partial charge on any atom is 0.0506 e. The predicted molar refractivity (Wildman–Crippen MR) is 277 cm³/mol. The van der Waals surface area contributed by atoms with Crippen LogP contribution < -0.4 is 10.2 Å². The molecule has 9 aromatic rings. The minimum Gasteiger partial charge on any atom is -0.355 e. The van der Waals surface area contributed by atoms with Crippen molar-refractivity contribution in [2.24, 2.45) is 0 Å². The number of hydrogen-bond donors (Lipinski definition) is 1. The average Bonchev–Trinajstić information content (AvgIpc) is 3.55. The van der Waals surface area contributed by atoms with Crippen LogP contribution >= 0.6 is 0 Å². The first-order valence-electron chi connectivity index (χ1n) is 23.0. The van der Waals surface area contributed by atoms with Gasteiger partial charge in [-0.05, 0) is 138 Å². The van der Waals surface area contributed by atoms with Gasteiger partial charge in [-0.25, -0.2) is 0 Å². The van der Waals surface area contributed by atoms with Crippen LogP contribution in [0.4, 0.5) is 28.4 Å². The molecule has 0 aromatic heterocycles. The van der Waals surface area contributed by atoms with Gasteiger partial charge in [0.25, 0.3) is 0 Å². The highest BCUT2D eigenvalue weighted by Crippen LogP contribution is 2.57. The van der Waals surface area contributed by atoms with E-state index in [1.165, 1.54) is 94.6 Å². The first-order valence-corrected chi connectivity index (χ1v) is 23.0. The van der Waals surface area contributed by atoms with Crippen LogP contribution in [0, 0.1) is 0 Å². The molecule has 1 heterocycles. The van der Waals surface area contributed by atoms with Gasteiger partial charge in [-0.1, -0.05) is 193 Å². The number of nitrogens with one attached hydrogen (secondary N) is 1. The summed E-state index contributed by atoms with van der Waals surface area (Å²) < 4.78 is 0. The number of hydrogen-bond acceptors (Lipinski definition) is 2. The molecule has 9 aromatic carbocycles. The summed E-state index contributed by atoms with van der Waals surface area (Å²) in [6.45, 7) is 14.2. The Kier molecular flexibility index (Phi) is 9.55. The fourth-order valence-corrected chi connectivity index (χ4v) is 10.7. The Labute approximate surface area is 384 Å². The lowest BCUT2D eigenvalue weighted by molar-refractivity contribution is 0.627. The van der Waals surface area contributed by atoms with Gasteiger partial charge in [-0.3, -0.25) is 0 Å². The third-order valence-electron chi connectivity index (χ3n) is 14.5. The molecule has 1 N–H and O–H groups in total. The third kappa shape index (κ3) is 6.87. The fourth-order valence-electron chi connectivity index (χ4n) is 10.7. The fraction of sp³-hybridized carbons (Fsp3) is 0.143. The van der Waals surface area contributed by atoms with Gasteiger partial charge in [-0.15, -0.1) is 0 Å². The van der Waals surface area contributed by atoms with E-state index in [1.807, 2.05) is 0 Å². The van der Waals surface area contributed by atoms with Gasteiger partial charge in [0.05, 0.1) is 11.4 Å². The maximum absolute atomic E-state index is 3.79. The monoisotopic (exact) mass is 838 g/mol. The molecule has 0 saturated carbocycles. The Bertz CT molecular complexity index is 3300. The molecule has 0 atom stereocenters. The summed E-state index contributed by atoms with van der Waals surface area (Å²) in [5.74, 6) is 0. The van der Waals surface area contributed by atoms with Crippen molar-refractivity contribution in [2.45, 2.75) is 57.8 Å². The highest BCUT2D eigenvalue weighted by Gasteiger charge is 2.42. The summed E-state index contributed by atoms with van der Waals surface area (Å²) >= 11 is 0. The van der Waals surface area contributed by atoms with E-state index in [0.29, 0.717) is 0 Å². The van der Waals surface area contributed by atoms with Crippen LogP contribution in [0.1, 0.15) is 86.1 Å². The normalized spacial score (nSPS) is 14.5. The van der Waals surface area contributed by atoms with Crippen LogP contribution in [-0.2, 0) is 16.2 Å². The highest BCUT2D eigenvalue weighted by atomic mass is 15.2. The van der Waals surface area contributed by atoms with Crippen molar-refractivity contribution in [3.8, 4) is 22.3 Å². The van der Waals surface area contributed by atoms with E-state index in [9.17, 15) is 0 Å². The standard InChI is InChI=1S/C63H54N2/c1-61(2,48-19-9-7-10-20-48)56-37-43(29-36-58(56)64-49-34-32-44-17-13-14-18-46(44)38-49)26-25-42-27-30-45(31-28-42)47-33-35-51-52-40-57-60(41-55(52)63(5,6)54(51)39-47)65(50-21-11-8-12-22-50)59-24-16-15-23-53(59)62(57,3)4/h7-41,64H,1-6H3/b26-25+. The minimum absolute atomic E-state index is 0.157. The van der Waals surface area contributed by atoms with Crippen LogP contribution in [0.15, 0.2) is 200 Å². The Morgan fingerprint density at radius 3 is 1.86 bits per heavy atom. The van der Waals surface area contributed by atoms with Gasteiger partial charge in [0.15, 0.2) is 0 Å². The highest BCUT2D eigenvalue weighted by molar-refractivity contribution is 5.92. The van der Waals surface area contributed by atoms with Gasteiger partial charge >= 0.3 is 0 Å². The third-order valence-corrected chi connectivity index (χ3v) is 14.5. The average molecular weight is 839 g/mol. The number of para-hydroxylation sites is 2. The molecular weight excluding hydrogens is 785 g/mol. The van der Waals surface area contributed by atoms with Gasteiger partial charge in [0.1, 0.15) is 0 Å². The second-order valence-electron chi connectivity index (χ2n) is 19.6. The molecule has 316 valence electrons. The number of rotatable bonds is 8. The van der Waals surface area contributed by atoms with Crippen LogP contribution in [-0.4, -0.2) is 0 Å². The molecule has 0 fully saturated rings. The van der Waals surface area contributed by atoms with E-state index in [-0.39, 0.29) is 16.2 Å². The lowest BCUT2D eigenvalue weighted by Gasteiger charge is -2.42. The van der Waals surface area contributed by atoms with Crippen LogP contribution in [0.3, 0.4) is 0 Å². The van der Waals surface area contributed by atoms with Crippen molar-refractivity contribution in [2.75, 3.05) is 10.2 Å². The second-order valence-corrected chi connectivity index (χ2v) is 19.6. The molecule has 0 saturated heterocycles. The van der Waals surface area contributed by atoms with E-state index < -0.39 is 0 Å². The largest absolute Gasteiger partial charge is 0.355 e. The minimum atomic E-state index is -0.234. The molecule has 0 unspecified atom stereocenters. The van der Waals surface area contributed by atoms with Crippen molar-refractivity contribution in [3.05, 3.63) is 245 Å². The first kappa shape index (κ1) is 40.4. The quantitative estimate of drug-likeness (QED) is 0.153. The Balaban J connectivity index is 0.891. The van der Waals surface area contributed by atoms with Gasteiger partial charge in [0, 0.05) is 33.3 Å².